The lowest BCUT2D eigenvalue weighted by Crippen LogP contribution is -2.53. The first-order valence-electron chi connectivity index (χ1n) is 6.23. The Morgan fingerprint density at radius 3 is 2.65 bits per heavy atom. The normalized spacial score (nSPS) is 25.9. The summed E-state index contributed by atoms with van der Waals surface area (Å²) in [7, 11) is 0. The summed E-state index contributed by atoms with van der Waals surface area (Å²) >= 11 is 0. The van der Waals surface area contributed by atoms with Gasteiger partial charge in [-0.25, -0.2) is 4.79 Å². The summed E-state index contributed by atoms with van der Waals surface area (Å²) in [6, 6.07) is -0.226. The third-order valence-electron chi connectivity index (χ3n) is 3.35. The number of amides is 1. The van der Waals surface area contributed by atoms with Crippen LogP contribution >= 0.6 is 0 Å². The molecule has 0 radical (unpaired) electrons. The number of nitrogens with two attached hydrogens (primary N) is 1. The van der Waals surface area contributed by atoms with Crippen LogP contribution in [0.15, 0.2) is 0 Å². The van der Waals surface area contributed by atoms with Crippen LogP contribution < -0.4 is 5.73 Å². The van der Waals surface area contributed by atoms with Crippen molar-refractivity contribution in [3.63, 3.8) is 0 Å². The van der Waals surface area contributed by atoms with E-state index in [0.717, 1.165) is 12.8 Å². The molecule has 5 heteroatoms. The van der Waals surface area contributed by atoms with Crippen LogP contribution in [0.3, 0.4) is 0 Å². The van der Waals surface area contributed by atoms with Crippen LogP contribution in [0.4, 0.5) is 0 Å². The van der Waals surface area contributed by atoms with Gasteiger partial charge in [-0.2, -0.15) is 0 Å². The largest absolute Gasteiger partial charge is 0.479 e. The van der Waals surface area contributed by atoms with E-state index in [1.54, 1.807) is 6.92 Å². The van der Waals surface area contributed by atoms with Crippen LogP contribution in [0.5, 0.6) is 0 Å². The van der Waals surface area contributed by atoms with Gasteiger partial charge in [-0.15, -0.1) is 0 Å². The van der Waals surface area contributed by atoms with E-state index in [4.69, 9.17) is 5.73 Å². The fourth-order valence-electron chi connectivity index (χ4n) is 2.63. The molecule has 1 saturated heterocycles. The third-order valence-corrected chi connectivity index (χ3v) is 3.35. The van der Waals surface area contributed by atoms with Crippen LogP contribution in [0.1, 0.15) is 46.0 Å². The van der Waals surface area contributed by atoms with Gasteiger partial charge in [0.25, 0.3) is 0 Å². The molecule has 2 atom stereocenters. The SMILES string of the molecule is CCCC1(C(=O)O)CCCN1C(=O)CC(C)N. The lowest BCUT2D eigenvalue weighted by molar-refractivity contribution is -0.157. The number of carbonyl (C=O) groups is 2. The van der Waals surface area contributed by atoms with Crippen LogP contribution in [0.2, 0.25) is 0 Å². The van der Waals surface area contributed by atoms with Crippen LogP contribution in [0, 0.1) is 0 Å². The van der Waals surface area contributed by atoms with Crippen molar-refractivity contribution in [2.75, 3.05) is 6.54 Å². The quantitative estimate of drug-likeness (QED) is 0.752. The van der Waals surface area contributed by atoms with Crippen LogP contribution in [-0.2, 0) is 9.59 Å². The molecule has 0 bridgehead atoms. The third kappa shape index (κ3) is 2.77. The molecule has 3 N–H and O–H groups in total. The van der Waals surface area contributed by atoms with Gasteiger partial charge in [0.15, 0.2) is 0 Å². The van der Waals surface area contributed by atoms with E-state index >= 15 is 0 Å². The van der Waals surface area contributed by atoms with Gasteiger partial charge < -0.3 is 15.7 Å². The van der Waals surface area contributed by atoms with Gasteiger partial charge in [-0.1, -0.05) is 13.3 Å². The molecule has 98 valence electrons. The number of hydrogen-bond donors (Lipinski definition) is 2. The molecule has 0 aromatic heterocycles. The molecule has 2 unspecified atom stereocenters. The average molecular weight is 242 g/mol. The predicted octanol–water partition coefficient (Wildman–Crippen LogP) is 0.970. The fraction of sp³-hybridized carbons (Fsp3) is 0.833. The van der Waals surface area contributed by atoms with Crippen molar-refractivity contribution < 1.29 is 14.7 Å². The minimum absolute atomic E-state index is 0.131. The standard InChI is InChI=1S/C12H22N2O3/c1-3-5-12(11(16)17)6-4-7-14(12)10(15)8-9(2)13/h9H,3-8,13H2,1-2H3,(H,16,17). The molecule has 0 spiro atoms. The van der Waals surface area contributed by atoms with E-state index in [9.17, 15) is 14.7 Å². The minimum Gasteiger partial charge on any atom is -0.479 e. The molecular formula is C12H22N2O3. The zero-order valence-corrected chi connectivity index (χ0v) is 10.6. The van der Waals surface area contributed by atoms with Gasteiger partial charge in [-0.3, -0.25) is 4.79 Å². The smallest absolute Gasteiger partial charge is 0.329 e. The van der Waals surface area contributed by atoms with E-state index in [2.05, 4.69) is 0 Å². The number of hydrogen-bond acceptors (Lipinski definition) is 3. The summed E-state index contributed by atoms with van der Waals surface area (Å²) in [5, 5.41) is 9.42. The topological polar surface area (TPSA) is 83.6 Å². The number of aliphatic carboxylic acids is 1. The zero-order chi connectivity index (χ0) is 13.1. The molecule has 0 aromatic carbocycles. The van der Waals surface area contributed by atoms with Crippen molar-refractivity contribution in [1.29, 1.82) is 0 Å². The lowest BCUT2D eigenvalue weighted by atomic mass is 9.90. The Bertz CT molecular complexity index is 304. The Morgan fingerprint density at radius 1 is 1.53 bits per heavy atom. The Balaban J connectivity index is 2.88. The molecule has 1 rings (SSSR count). The van der Waals surface area contributed by atoms with Gasteiger partial charge in [0.1, 0.15) is 5.54 Å². The molecular weight excluding hydrogens is 220 g/mol. The summed E-state index contributed by atoms with van der Waals surface area (Å²) in [6.45, 7) is 4.24. The van der Waals surface area contributed by atoms with E-state index in [-0.39, 0.29) is 18.4 Å². The molecule has 5 nitrogen and oxygen atoms in total. The van der Waals surface area contributed by atoms with Gasteiger partial charge in [0, 0.05) is 19.0 Å². The first kappa shape index (κ1) is 14.0. The van der Waals surface area contributed by atoms with Gasteiger partial charge in [-0.05, 0) is 26.2 Å². The number of rotatable bonds is 5. The highest BCUT2D eigenvalue weighted by Crippen LogP contribution is 2.34. The number of nitrogens with zero attached hydrogens (tertiary/aromatic N) is 1. The van der Waals surface area contributed by atoms with E-state index in [0.29, 0.717) is 19.4 Å². The molecule has 1 amide bonds. The Kier molecular flexibility index (Phi) is 4.51. The first-order valence-corrected chi connectivity index (χ1v) is 6.23. The van der Waals surface area contributed by atoms with Crippen molar-refractivity contribution in [2.24, 2.45) is 5.73 Å². The maximum atomic E-state index is 12.0. The molecule has 1 aliphatic rings. The highest BCUT2D eigenvalue weighted by Gasteiger charge is 2.48. The van der Waals surface area contributed by atoms with Crippen LogP contribution in [-0.4, -0.2) is 40.0 Å². The monoisotopic (exact) mass is 242 g/mol. The maximum absolute atomic E-state index is 12.0. The number of carboxylic acids is 1. The fourth-order valence-corrected chi connectivity index (χ4v) is 2.63. The zero-order valence-electron chi connectivity index (χ0n) is 10.6. The molecule has 0 saturated carbocycles. The number of likely N-dealkylation sites (tertiary alicyclic amines) is 1. The Labute approximate surface area is 102 Å². The predicted molar refractivity (Wildman–Crippen MR) is 64.5 cm³/mol. The highest BCUT2D eigenvalue weighted by atomic mass is 16.4. The van der Waals surface area contributed by atoms with Crippen molar-refractivity contribution in [3.8, 4) is 0 Å². The van der Waals surface area contributed by atoms with Gasteiger partial charge in [0.2, 0.25) is 5.91 Å². The molecule has 0 aliphatic carbocycles. The van der Waals surface area contributed by atoms with Crippen LogP contribution in [0.25, 0.3) is 0 Å². The van der Waals surface area contributed by atoms with Crippen molar-refractivity contribution in [1.82, 2.24) is 4.90 Å². The molecule has 17 heavy (non-hydrogen) atoms. The van der Waals surface area contributed by atoms with Gasteiger partial charge >= 0.3 is 5.97 Å². The molecule has 1 heterocycles. The second-order valence-electron chi connectivity index (χ2n) is 4.92. The lowest BCUT2D eigenvalue weighted by Gasteiger charge is -2.35. The average Bonchev–Trinajstić information content (AvgIpc) is 2.62. The number of carboxylic acid groups (broad SMARTS) is 1. The molecule has 1 fully saturated rings. The van der Waals surface area contributed by atoms with E-state index < -0.39 is 11.5 Å². The maximum Gasteiger partial charge on any atom is 0.329 e. The van der Waals surface area contributed by atoms with Crippen molar-refractivity contribution in [2.45, 2.75) is 57.5 Å². The summed E-state index contributed by atoms with van der Waals surface area (Å²) in [4.78, 5) is 25.1. The highest BCUT2D eigenvalue weighted by molar-refractivity contribution is 5.88. The minimum atomic E-state index is -0.985. The first-order chi connectivity index (χ1) is 7.94. The summed E-state index contributed by atoms with van der Waals surface area (Å²) in [5.41, 5.74) is 4.62. The van der Waals surface area contributed by atoms with Crippen molar-refractivity contribution in [3.05, 3.63) is 0 Å². The summed E-state index contributed by atoms with van der Waals surface area (Å²) < 4.78 is 0. The van der Waals surface area contributed by atoms with E-state index in [1.165, 1.54) is 4.90 Å². The Morgan fingerprint density at radius 2 is 2.18 bits per heavy atom. The number of carbonyl (C=O) groups excluding carboxylic acids is 1. The molecule has 1 aliphatic heterocycles. The summed E-state index contributed by atoms with van der Waals surface area (Å²) in [5.74, 6) is -1.01. The van der Waals surface area contributed by atoms with Gasteiger partial charge in [0.05, 0.1) is 0 Å². The molecule has 0 aromatic rings. The summed E-state index contributed by atoms with van der Waals surface area (Å²) in [6.07, 6.45) is 2.82. The van der Waals surface area contributed by atoms with E-state index in [1.807, 2.05) is 6.92 Å². The Hall–Kier alpha value is -1.10. The second kappa shape index (κ2) is 5.49. The van der Waals surface area contributed by atoms with Crippen molar-refractivity contribution >= 4 is 11.9 Å². The second-order valence-corrected chi connectivity index (χ2v) is 4.92.